The molecule has 3 heterocycles. The van der Waals surface area contributed by atoms with Gasteiger partial charge in [-0.05, 0) is 24.3 Å². The van der Waals surface area contributed by atoms with Gasteiger partial charge < -0.3 is 9.32 Å². The van der Waals surface area contributed by atoms with Gasteiger partial charge in [-0.3, -0.25) is 9.78 Å². The molecule has 140 valence electrons. The molecule has 0 N–H and O–H groups in total. The van der Waals surface area contributed by atoms with Crippen molar-refractivity contribution >= 4 is 26.7 Å². The summed E-state index contributed by atoms with van der Waals surface area (Å²) in [6.45, 7) is 1.28. The van der Waals surface area contributed by atoms with Crippen molar-refractivity contribution in [2.24, 2.45) is 0 Å². The fraction of sp³-hybridized carbons (Fsp3) is 0.263. The summed E-state index contributed by atoms with van der Waals surface area (Å²) in [4.78, 5) is 18.4. The fourth-order valence-electron chi connectivity index (χ4n) is 3.31. The summed E-state index contributed by atoms with van der Waals surface area (Å²) < 4.78 is 32.9. The standard InChI is InChI=1S/C19H19N3O4S/c23-19(13-16-4-2-12-26-16)21-8-10-22(11-9-21)27(24,25)18-5-1-3-15-14-20-7-6-17(15)18/h1-7,12,14H,8-11,13H2. The highest BCUT2D eigenvalue weighted by Gasteiger charge is 2.31. The molecule has 1 aliphatic heterocycles. The number of nitrogens with zero attached hydrogens (tertiary/aromatic N) is 3. The van der Waals surface area contributed by atoms with E-state index in [1.807, 2.05) is 6.07 Å². The van der Waals surface area contributed by atoms with Crippen molar-refractivity contribution in [3.05, 3.63) is 60.8 Å². The van der Waals surface area contributed by atoms with Gasteiger partial charge in [-0.1, -0.05) is 12.1 Å². The molecule has 1 aliphatic rings. The van der Waals surface area contributed by atoms with Crippen LogP contribution in [-0.2, 0) is 21.2 Å². The van der Waals surface area contributed by atoms with E-state index in [0.717, 1.165) is 5.39 Å². The van der Waals surface area contributed by atoms with E-state index < -0.39 is 10.0 Å². The largest absolute Gasteiger partial charge is 0.469 e. The van der Waals surface area contributed by atoms with Gasteiger partial charge in [-0.2, -0.15) is 4.31 Å². The Kier molecular flexibility index (Phi) is 4.67. The molecule has 1 aromatic carbocycles. The molecule has 2 aromatic heterocycles. The first kappa shape index (κ1) is 17.7. The Labute approximate surface area is 157 Å². The third-order valence-corrected chi connectivity index (χ3v) is 6.71. The summed E-state index contributed by atoms with van der Waals surface area (Å²) in [5, 5.41) is 1.44. The van der Waals surface area contributed by atoms with Gasteiger partial charge >= 0.3 is 0 Å². The second-order valence-electron chi connectivity index (χ2n) is 6.39. The lowest BCUT2D eigenvalue weighted by Crippen LogP contribution is -2.50. The lowest BCUT2D eigenvalue weighted by Gasteiger charge is -2.34. The van der Waals surface area contributed by atoms with Crippen molar-refractivity contribution in [1.29, 1.82) is 0 Å². The number of sulfonamides is 1. The summed E-state index contributed by atoms with van der Waals surface area (Å²) in [5.74, 6) is 0.553. The SMILES string of the molecule is O=C(Cc1ccco1)N1CCN(S(=O)(=O)c2cccc3cnccc23)CC1. The van der Waals surface area contributed by atoms with Crippen LogP contribution in [0.4, 0.5) is 0 Å². The molecule has 0 saturated carbocycles. The van der Waals surface area contributed by atoms with Gasteiger partial charge in [0, 0.05) is 49.3 Å². The van der Waals surface area contributed by atoms with Crippen LogP contribution in [0.25, 0.3) is 10.8 Å². The zero-order valence-corrected chi connectivity index (χ0v) is 15.4. The lowest BCUT2D eigenvalue weighted by molar-refractivity contribution is -0.131. The zero-order chi connectivity index (χ0) is 18.9. The molecule has 0 atom stereocenters. The average molecular weight is 385 g/mol. The zero-order valence-electron chi connectivity index (χ0n) is 14.6. The van der Waals surface area contributed by atoms with Crippen LogP contribution in [0.5, 0.6) is 0 Å². The molecule has 0 spiro atoms. The number of hydrogen-bond donors (Lipinski definition) is 0. The normalized spacial score (nSPS) is 15.9. The molecular weight excluding hydrogens is 366 g/mol. The highest BCUT2D eigenvalue weighted by molar-refractivity contribution is 7.89. The summed E-state index contributed by atoms with van der Waals surface area (Å²) in [5.41, 5.74) is 0. The van der Waals surface area contributed by atoms with Gasteiger partial charge in [0.15, 0.2) is 0 Å². The van der Waals surface area contributed by atoms with E-state index >= 15 is 0 Å². The average Bonchev–Trinajstić information content (AvgIpc) is 3.20. The molecule has 0 aliphatic carbocycles. The molecule has 1 fully saturated rings. The number of pyridine rings is 1. The maximum atomic E-state index is 13.1. The molecule has 8 heteroatoms. The Morgan fingerprint density at radius 2 is 1.89 bits per heavy atom. The van der Waals surface area contributed by atoms with Crippen molar-refractivity contribution in [2.45, 2.75) is 11.3 Å². The van der Waals surface area contributed by atoms with Crippen LogP contribution in [0, 0.1) is 0 Å². The monoisotopic (exact) mass is 385 g/mol. The van der Waals surface area contributed by atoms with Gasteiger partial charge in [0.25, 0.3) is 0 Å². The van der Waals surface area contributed by atoms with E-state index in [1.54, 1.807) is 47.6 Å². The number of piperazine rings is 1. The topological polar surface area (TPSA) is 83.7 Å². The van der Waals surface area contributed by atoms with Crippen molar-refractivity contribution < 1.29 is 17.6 Å². The van der Waals surface area contributed by atoms with Gasteiger partial charge in [-0.25, -0.2) is 8.42 Å². The molecule has 27 heavy (non-hydrogen) atoms. The fourth-order valence-corrected chi connectivity index (χ4v) is 4.95. The predicted octanol–water partition coefficient (Wildman–Crippen LogP) is 1.90. The quantitative estimate of drug-likeness (QED) is 0.685. The number of rotatable bonds is 4. The number of hydrogen-bond acceptors (Lipinski definition) is 5. The smallest absolute Gasteiger partial charge is 0.243 e. The Morgan fingerprint density at radius 1 is 1.07 bits per heavy atom. The second kappa shape index (κ2) is 7.13. The van der Waals surface area contributed by atoms with Crippen LogP contribution < -0.4 is 0 Å². The van der Waals surface area contributed by atoms with Crippen molar-refractivity contribution in [3.8, 4) is 0 Å². The Balaban J connectivity index is 1.49. The van der Waals surface area contributed by atoms with Crippen molar-refractivity contribution in [1.82, 2.24) is 14.2 Å². The van der Waals surface area contributed by atoms with E-state index in [-0.39, 0.29) is 30.3 Å². The van der Waals surface area contributed by atoms with Gasteiger partial charge in [0.05, 0.1) is 17.6 Å². The molecule has 1 amide bonds. The maximum Gasteiger partial charge on any atom is 0.243 e. The molecular formula is C19H19N3O4S. The molecule has 4 rings (SSSR count). The Hall–Kier alpha value is -2.71. The molecule has 0 bridgehead atoms. The van der Waals surface area contributed by atoms with Crippen LogP contribution in [0.1, 0.15) is 5.76 Å². The maximum absolute atomic E-state index is 13.1. The summed E-state index contributed by atoms with van der Waals surface area (Å²) >= 11 is 0. The summed E-state index contributed by atoms with van der Waals surface area (Å²) in [6, 6.07) is 10.4. The van der Waals surface area contributed by atoms with E-state index in [2.05, 4.69) is 4.98 Å². The summed E-state index contributed by atoms with van der Waals surface area (Å²) in [7, 11) is -3.64. The first-order chi connectivity index (χ1) is 13.1. The predicted molar refractivity (Wildman–Crippen MR) is 99.5 cm³/mol. The van der Waals surface area contributed by atoms with Crippen LogP contribution in [0.15, 0.2) is 64.4 Å². The molecule has 1 saturated heterocycles. The van der Waals surface area contributed by atoms with E-state index in [4.69, 9.17) is 4.42 Å². The third-order valence-electron chi connectivity index (χ3n) is 4.76. The first-order valence-corrected chi connectivity index (χ1v) is 10.1. The molecule has 0 unspecified atom stereocenters. The van der Waals surface area contributed by atoms with E-state index in [0.29, 0.717) is 24.2 Å². The number of carbonyl (C=O) groups excluding carboxylic acids is 1. The van der Waals surface area contributed by atoms with Crippen LogP contribution in [0.3, 0.4) is 0 Å². The first-order valence-electron chi connectivity index (χ1n) is 8.69. The van der Waals surface area contributed by atoms with E-state index in [1.165, 1.54) is 10.6 Å². The number of fused-ring (bicyclic) bond motifs is 1. The highest BCUT2D eigenvalue weighted by atomic mass is 32.2. The molecule has 0 radical (unpaired) electrons. The number of aromatic nitrogens is 1. The van der Waals surface area contributed by atoms with Crippen molar-refractivity contribution in [2.75, 3.05) is 26.2 Å². The van der Waals surface area contributed by atoms with Gasteiger partial charge in [-0.15, -0.1) is 0 Å². The highest BCUT2D eigenvalue weighted by Crippen LogP contribution is 2.26. The number of amides is 1. The minimum atomic E-state index is -3.64. The minimum Gasteiger partial charge on any atom is -0.469 e. The van der Waals surface area contributed by atoms with Gasteiger partial charge in [0.2, 0.25) is 15.9 Å². The Morgan fingerprint density at radius 3 is 2.63 bits per heavy atom. The second-order valence-corrected chi connectivity index (χ2v) is 8.30. The molecule has 3 aromatic rings. The van der Waals surface area contributed by atoms with Crippen LogP contribution >= 0.6 is 0 Å². The number of carbonyl (C=O) groups is 1. The van der Waals surface area contributed by atoms with Crippen LogP contribution in [-0.4, -0.2) is 54.7 Å². The molecule has 7 nitrogen and oxygen atoms in total. The van der Waals surface area contributed by atoms with Gasteiger partial charge in [0.1, 0.15) is 5.76 Å². The Bertz CT molecular complexity index is 1050. The van der Waals surface area contributed by atoms with E-state index in [9.17, 15) is 13.2 Å². The number of benzene rings is 1. The number of furan rings is 1. The lowest BCUT2D eigenvalue weighted by atomic mass is 10.2. The third kappa shape index (κ3) is 3.45. The minimum absolute atomic E-state index is 0.0572. The summed E-state index contributed by atoms with van der Waals surface area (Å²) in [6.07, 6.45) is 4.97. The van der Waals surface area contributed by atoms with Crippen molar-refractivity contribution in [3.63, 3.8) is 0 Å². The van der Waals surface area contributed by atoms with Crippen LogP contribution in [0.2, 0.25) is 0 Å².